The number of methoxy groups -OCH3 is 1. The highest BCUT2D eigenvalue weighted by atomic mass is 79.9. The summed E-state index contributed by atoms with van der Waals surface area (Å²) < 4.78 is 35.9. The number of carbonyl (C=O) groups excluding carboxylic acids is 2. The van der Waals surface area contributed by atoms with E-state index in [1.54, 1.807) is 69.3 Å². The van der Waals surface area contributed by atoms with Crippen LogP contribution < -0.4 is 33.8 Å². The summed E-state index contributed by atoms with van der Waals surface area (Å²) in [6, 6.07) is 13.6. The van der Waals surface area contributed by atoms with Crippen LogP contribution in [0.5, 0.6) is 23.0 Å². The molecule has 1 aliphatic heterocycles. The van der Waals surface area contributed by atoms with Crippen LogP contribution in [0.1, 0.15) is 50.4 Å². The minimum atomic E-state index is -0.928. The largest absolute Gasteiger partial charge is 0.490 e. The molecule has 53 heavy (non-hydrogen) atoms. The van der Waals surface area contributed by atoms with Gasteiger partial charge in [-0.15, -0.1) is 0 Å². The number of thiazole rings is 1. The summed E-state index contributed by atoms with van der Waals surface area (Å²) in [4.78, 5) is 55.1. The third-order valence-electron chi connectivity index (χ3n) is 7.83. The predicted molar refractivity (Wildman–Crippen MR) is 198 cm³/mol. The van der Waals surface area contributed by atoms with Crippen molar-refractivity contribution in [1.82, 2.24) is 4.57 Å². The van der Waals surface area contributed by atoms with Gasteiger partial charge in [-0.2, -0.15) is 0 Å². The average Bonchev–Trinajstić information content (AvgIpc) is 3.43. The van der Waals surface area contributed by atoms with E-state index in [-0.39, 0.29) is 43.4 Å². The number of non-ortho nitro benzene ring substituents is 1. The van der Waals surface area contributed by atoms with Crippen LogP contribution in [0.3, 0.4) is 0 Å². The fourth-order valence-electron chi connectivity index (χ4n) is 5.48. The van der Waals surface area contributed by atoms with Gasteiger partial charge >= 0.3 is 11.9 Å². The Balaban J connectivity index is 1.57. The van der Waals surface area contributed by atoms with Crippen LogP contribution in [0.15, 0.2) is 80.1 Å². The van der Waals surface area contributed by atoms with Gasteiger partial charge in [-0.25, -0.2) is 14.6 Å². The minimum Gasteiger partial charge on any atom is -0.490 e. The van der Waals surface area contributed by atoms with E-state index in [4.69, 9.17) is 23.7 Å². The van der Waals surface area contributed by atoms with Crippen LogP contribution in [0.2, 0.25) is 0 Å². The summed E-state index contributed by atoms with van der Waals surface area (Å²) in [6.07, 6.45) is 1.70. The second-order valence-electron chi connectivity index (χ2n) is 11.3. The fourth-order valence-corrected chi connectivity index (χ4v) is 7.10. The maximum Gasteiger partial charge on any atom is 0.343 e. The van der Waals surface area contributed by atoms with Crippen molar-refractivity contribution in [3.05, 3.63) is 117 Å². The van der Waals surface area contributed by atoms with Gasteiger partial charge in [0, 0.05) is 12.1 Å². The van der Waals surface area contributed by atoms with Crippen molar-refractivity contribution in [3.8, 4) is 23.0 Å². The summed E-state index contributed by atoms with van der Waals surface area (Å²) in [5.74, 6) is 0.227. The number of halogens is 1. The molecule has 3 aromatic carbocycles. The van der Waals surface area contributed by atoms with Crippen molar-refractivity contribution in [3.63, 3.8) is 0 Å². The van der Waals surface area contributed by atoms with Gasteiger partial charge in [-0.3, -0.25) is 19.5 Å². The van der Waals surface area contributed by atoms with Crippen molar-refractivity contribution in [1.29, 1.82) is 0 Å². The Hall–Kier alpha value is -5.48. The number of hydrogen-bond donors (Lipinski definition) is 0. The monoisotopic (exact) mass is 809 g/mol. The molecule has 1 aliphatic rings. The smallest absolute Gasteiger partial charge is 0.343 e. The van der Waals surface area contributed by atoms with Crippen LogP contribution in [0.25, 0.3) is 6.08 Å². The molecule has 0 aliphatic carbocycles. The maximum atomic E-state index is 14.3. The third kappa shape index (κ3) is 8.77. The van der Waals surface area contributed by atoms with Crippen LogP contribution in [0.4, 0.5) is 5.69 Å². The molecule has 1 atom stereocenters. The number of carbonyl (C=O) groups is 2. The number of esters is 2. The molecule has 0 radical (unpaired) electrons. The van der Waals surface area contributed by atoms with E-state index in [1.807, 2.05) is 6.92 Å². The molecule has 278 valence electrons. The lowest BCUT2D eigenvalue weighted by Gasteiger charge is -2.25. The van der Waals surface area contributed by atoms with Crippen molar-refractivity contribution >= 4 is 51.0 Å². The van der Waals surface area contributed by atoms with Gasteiger partial charge < -0.3 is 28.4 Å². The Kier molecular flexibility index (Phi) is 12.7. The van der Waals surface area contributed by atoms with Crippen LogP contribution in [0, 0.1) is 10.1 Å². The molecule has 2 heterocycles. The Bertz CT molecular complexity index is 2250. The normalized spacial score (nSPS) is 13.8. The summed E-state index contributed by atoms with van der Waals surface area (Å²) in [6.45, 7) is 7.51. The number of rotatable bonds is 15. The first-order valence-electron chi connectivity index (χ1n) is 16.5. The molecule has 0 spiro atoms. The lowest BCUT2D eigenvalue weighted by Crippen LogP contribution is -2.40. The van der Waals surface area contributed by atoms with Gasteiger partial charge in [0.2, 0.25) is 0 Å². The summed E-state index contributed by atoms with van der Waals surface area (Å²) in [7, 11) is 1.26. The SMILES string of the molecule is CCOC(=O)C1=C(C)N=c2s/c(=C\c3cc(Br)c(OCc4ccc([N+](=O)[O-])cc4)c(OCC)c3)c(=O)n2[C@@H]1c1ccc(OCC(=O)OC)c(OCC)c1. The van der Waals surface area contributed by atoms with Crippen molar-refractivity contribution < 1.29 is 42.9 Å². The first-order valence-corrected chi connectivity index (χ1v) is 18.1. The third-order valence-corrected chi connectivity index (χ3v) is 9.41. The summed E-state index contributed by atoms with van der Waals surface area (Å²) in [5, 5.41) is 11.0. The minimum absolute atomic E-state index is 0.0200. The van der Waals surface area contributed by atoms with Gasteiger partial charge in [0.25, 0.3) is 11.2 Å². The predicted octanol–water partition coefficient (Wildman–Crippen LogP) is 5.40. The lowest BCUT2D eigenvalue weighted by molar-refractivity contribution is -0.384. The highest BCUT2D eigenvalue weighted by Crippen LogP contribution is 2.39. The molecule has 14 nitrogen and oxygen atoms in total. The van der Waals surface area contributed by atoms with E-state index < -0.39 is 28.5 Å². The number of ether oxygens (including phenoxy) is 6. The molecule has 0 amide bonds. The van der Waals surface area contributed by atoms with E-state index in [0.717, 1.165) is 16.9 Å². The Morgan fingerprint density at radius 3 is 2.34 bits per heavy atom. The summed E-state index contributed by atoms with van der Waals surface area (Å²) in [5.41, 5.74) is 2.03. The molecular formula is C37H36BrN3O11S. The molecule has 5 rings (SSSR count). The molecule has 0 bridgehead atoms. The molecule has 0 unspecified atom stereocenters. The number of nitrogens with zero attached hydrogens (tertiary/aromatic N) is 3. The second-order valence-corrected chi connectivity index (χ2v) is 13.1. The zero-order valence-corrected chi connectivity index (χ0v) is 31.9. The van der Waals surface area contributed by atoms with E-state index in [0.29, 0.717) is 54.5 Å². The Morgan fingerprint density at radius 1 is 0.962 bits per heavy atom. The standard InChI is InChI=1S/C37H36BrN3O11S/c1-6-48-28-18-24(11-14-27(28)51-20-31(42)47-5)33-32(36(44)50-8-3)21(4)39-37-40(33)35(43)30(53-37)17-23-15-26(38)34(29(16-23)49-7-2)52-19-22-9-12-25(13-10-22)41(45)46/h9-18,33H,6-8,19-20H2,1-5H3/b30-17-/t33-/m1/s1. The number of nitro groups is 1. The van der Waals surface area contributed by atoms with Crippen LogP contribution >= 0.6 is 27.3 Å². The topological polar surface area (TPSA) is 167 Å². The summed E-state index contributed by atoms with van der Waals surface area (Å²) >= 11 is 4.73. The molecular weight excluding hydrogens is 774 g/mol. The van der Waals surface area contributed by atoms with E-state index in [2.05, 4.69) is 25.7 Å². The first kappa shape index (κ1) is 38.7. The Labute approximate surface area is 316 Å². The highest BCUT2D eigenvalue weighted by molar-refractivity contribution is 9.10. The molecule has 0 N–H and O–H groups in total. The van der Waals surface area contributed by atoms with E-state index in [9.17, 15) is 24.5 Å². The Morgan fingerprint density at radius 2 is 1.68 bits per heavy atom. The molecule has 0 fully saturated rings. The molecule has 0 saturated carbocycles. The van der Waals surface area contributed by atoms with E-state index >= 15 is 0 Å². The maximum absolute atomic E-state index is 14.3. The van der Waals surface area contributed by atoms with Gasteiger partial charge in [0.05, 0.1) is 58.2 Å². The van der Waals surface area contributed by atoms with E-state index in [1.165, 1.54) is 23.8 Å². The zero-order chi connectivity index (χ0) is 38.2. The fraction of sp³-hybridized carbons (Fsp3) is 0.297. The second kappa shape index (κ2) is 17.4. The molecule has 4 aromatic rings. The number of hydrogen-bond acceptors (Lipinski definition) is 13. The number of allylic oxidation sites excluding steroid dienone is 1. The first-order chi connectivity index (χ1) is 25.5. The van der Waals surface area contributed by atoms with Crippen molar-refractivity contribution in [2.45, 2.75) is 40.3 Å². The number of benzene rings is 3. The molecule has 1 aromatic heterocycles. The van der Waals surface area contributed by atoms with Gasteiger partial charge in [-0.1, -0.05) is 17.4 Å². The lowest BCUT2D eigenvalue weighted by atomic mass is 9.95. The average molecular weight is 811 g/mol. The number of nitro benzene ring substituents is 1. The zero-order valence-electron chi connectivity index (χ0n) is 29.5. The quantitative estimate of drug-likeness (QED) is 0.0858. The van der Waals surface area contributed by atoms with Crippen LogP contribution in [-0.4, -0.2) is 55.0 Å². The van der Waals surface area contributed by atoms with Gasteiger partial charge in [0.1, 0.15) is 6.61 Å². The van der Waals surface area contributed by atoms with Gasteiger partial charge in [0.15, 0.2) is 34.4 Å². The van der Waals surface area contributed by atoms with Crippen molar-refractivity contribution in [2.75, 3.05) is 33.5 Å². The number of fused-ring (bicyclic) bond motifs is 1. The van der Waals surface area contributed by atoms with Crippen LogP contribution in [-0.2, 0) is 25.7 Å². The van der Waals surface area contributed by atoms with Crippen molar-refractivity contribution in [2.24, 2.45) is 4.99 Å². The van der Waals surface area contributed by atoms with Gasteiger partial charge in [-0.05, 0) is 103 Å². The molecule has 16 heteroatoms. The number of aromatic nitrogens is 1. The highest BCUT2D eigenvalue weighted by Gasteiger charge is 2.34. The molecule has 0 saturated heterocycles.